The highest BCUT2D eigenvalue weighted by atomic mass is 35.5. The van der Waals surface area contributed by atoms with Gasteiger partial charge in [-0.2, -0.15) is 0 Å². The fraction of sp³-hybridized carbons (Fsp3) is 0. The molecule has 0 amide bonds. The van der Waals surface area contributed by atoms with Crippen LogP contribution in [0.15, 0.2) is 54.6 Å². The lowest BCUT2D eigenvalue weighted by Gasteiger charge is -2.05. The summed E-state index contributed by atoms with van der Waals surface area (Å²) in [6, 6.07) is 16.3. The molecule has 0 bridgehead atoms. The first kappa shape index (κ1) is 11.8. The lowest BCUT2D eigenvalue weighted by molar-refractivity contribution is 0.103. The first-order valence-corrected chi connectivity index (χ1v) is 6.15. The summed E-state index contributed by atoms with van der Waals surface area (Å²) < 4.78 is 0. The van der Waals surface area contributed by atoms with Crippen LogP contribution in [0.3, 0.4) is 0 Å². The van der Waals surface area contributed by atoms with Crippen LogP contribution in [0.1, 0.15) is 16.1 Å². The Morgan fingerprint density at radius 3 is 2.37 bits per heavy atom. The zero-order valence-corrected chi connectivity index (χ0v) is 10.6. The Morgan fingerprint density at radius 2 is 1.58 bits per heavy atom. The molecule has 4 heteroatoms. The molecule has 0 atom stereocenters. The number of fused-ring (bicyclic) bond motifs is 1. The third kappa shape index (κ3) is 2.20. The van der Waals surface area contributed by atoms with Crippen LogP contribution in [0.2, 0.25) is 5.28 Å². The minimum absolute atomic E-state index is 0.0815. The number of para-hydroxylation sites is 1. The predicted molar refractivity (Wildman–Crippen MR) is 74.4 cm³/mol. The van der Waals surface area contributed by atoms with Gasteiger partial charge in [0, 0.05) is 10.9 Å². The maximum atomic E-state index is 12.5. The number of benzene rings is 2. The van der Waals surface area contributed by atoms with Crippen molar-refractivity contribution in [3.8, 4) is 0 Å². The van der Waals surface area contributed by atoms with Gasteiger partial charge in [-0.1, -0.05) is 48.5 Å². The molecule has 3 rings (SSSR count). The van der Waals surface area contributed by atoms with E-state index >= 15 is 0 Å². The molecule has 19 heavy (non-hydrogen) atoms. The molecule has 2 aromatic carbocycles. The van der Waals surface area contributed by atoms with Crippen molar-refractivity contribution in [2.24, 2.45) is 0 Å². The summed E-state index contributed by atoms with van der Waals surface area (Å²) in [6.45, 7) is 0. The summed E-state index contributed by atoms with van der Waals surface area (Å²) >= 11 is 5.88. The molecule has 0 aliphatic heterocycles. The summed E-state index contributed by atoms with van der Waals surface area (Å²) in [5, 5.41) is 0.790. The quantitative estimate of drug-likeness (QED) is 0.528. The topological polar surface area (TPSA) is 42.9 Å². The Bertz CT molecular complexity index is 756. The van der Waals surface area contributed by atoms with Crippen molar-refractivity contribution in [3.63, 3.8) is 0 Å². The number of rotatable bonds is 2. The van der Waals surface area contributed by atoms with Gasteiger partial charge in [-0.05, 0) is 17.7 Å². The Morgan fingerprint density at radius 1 is 0.895 bits per heavy atom. The van der Waals surface area contributed by atoms with Crippen molar-refractivity contribution in [1.82, 2.24) is 9.97 Å². The minimum Gasteiger partial charge on any atom is -0.287 e. The number of carbonyl (C=O) groups is 1. The molecule has 1 aromatic heterocycles. The van der Waals surface area contributed by atoms with Gasteiger partial charge in [0.25, 0.3) is 0 Å². The zero-order valence-electron chi connectivity index (χ0n) is 9.88. The zero-order chi connectivity index (χ0) is 13.2. The fourth-order valence-corrected chi connectivity index (χ4v) is 2.12. The molecule has 3 nitrogen and oxygen atoms in total. The molecule has 0 aliphatic rings. The first-order chi connectivity index (χ1) is 9.25. The summed E-state index contributed by atoms with van der Waals surface area (Å²) in [6.07, 6.45) is 0. The molecule has 0 saturated heterocycles. The molecule has 1 heterocycles. The van der Waals surface area contributed by atoms with Crippen molar-refractivity contribution < 1.29 is 4.79 Å². The van der Waals surface area contributed by atoms with E-state index in [0.29, 0.717) is 22.2 Å². The largest absolute Gasteiger partial charge is 0.287 e. The van der Waals surface area contributed by atoms with Crippen molar-refractivity contribution >= 4 is 28.3 Å². The second-order valence-corrected chi connectivity index (χ2v) is 4.39. The molecule has 0 N–H and O–H groups in total. The molecule has 0 saturated carbocycles. The van der Waals surface area contributed by atoms with E-state index in [1.807, 2.05) is 42.5 Å². The Balaban J connectivity index is 2.23. The molecule has 0 fully saturated rings. The van der Waals surface area contributed by atoms with E-state index in [2.05, 4.69) is 9.97 Å². The van der Waals surface area contributed by atoms with Gasteiger partial charge in [0.2, 0.25) is 11.1 Å². The van der Waals surface area contributed by atoms with E-state index in [-0.39, 0.29) is 11.1 Å². The van der Waals surface area contributed by atoms with Gasteiger partial charge in [0.05, 0.1) is 5.52 Å². The lowest BCUT2D eigenvalue weighted by atomic mass is 10.0. The molecule has 0 spiro atoms. The minimum atomic E-state index is -0.152. The molecule has 0 radical (unpaired) electrons. The highest BCUT2D eigenvalue weighted by Crippen LogP contribution is 2.20. The number of hydrogen-bond donors (Lipinski definition) is 0. The third-order valence-electron chi connectivity index (χ3n) is 2.83. The van der Waals surface area contributed by atoms with Crippen LogP contribution >= 0.6 is 11.6 Å². The van der Waals surface area contributed by atoms with Crippen LogP contribution in [0, 0.1) is 0 Å². The van der Waals surface area contributed by atoms with E-state index in [4.69, 9.17) is 11.6 Å². The van der Waals surface area contributed by atoms with Gasteiger partial charge in [-0.3, -0.25) is 4.79 Å². The van der Waals surface area contributed by atoms with E-state index in [1.54, 1.807) is 12.1 Å². The summed E-state index contributed by atoms with van der Waals surface area (Å²) in [4.78, 5) is 20.7. The van der Waals surface area contributed by atoms with Gasteiger partial charge in [-0.15, -0.1) is 0 Å². The van der Waals surface area contributed by atoms with Gasteiger partial charge in [0.1, 0.15) is 5.69 Å². The number of ketones is 1. The number of aromatic nitrogens is 2. The van der Waals surface area contributed by atoms with Gasteiger partial charge in [-0.25, -0.2) is 9.97 Å². The van der Waals surface area contributed by atoms with Gasteiger partial charge < -0.3 is 0 Å². The van der Waals surface area contributed by atoms with Crippen LogP contribution in [0.4, 0.5) is 0 Å². The monoisotopic (exact) mass is 268 g/mol. The average Bonchev–Trinajstić information content (AvgIpc) is 2.46. The number of hydrogen-bond acceptors (Lipinski definition) is 3. The molecule has 0 unspecified atom stereocenters. The van der Waals surface area contributed by atoms with Crippen LogP contribution < -0.4 is 0 Å². The van der Waals surface area contributed by atoms with Crippen molar-refractivity contribution in [2.45, 2.75) is 0 Å². The Labute approximate surface area is 114 Å². The smallest absolute Gasteiger partial charge is 0.223 e. The van der Waals surface area contributed by atoms with Crippen LogP contribution in [0.5, 0.6) is 0 Å². The highest BCUT2D eigenvalue weighted by Gasteiger charge is 2.15. The molecular weight excluding hydrogens is 260 g/mol. The maximum absolute atomic E-state index is 12.5. The SMILES string of the molecule is O=C(c1ccccc1)c1nc(Cl)nc2ccccc12. The lowest BCUT2D eigenvalue weighted by Crippen LogP contribution is -2.06. The third-order valence-corrected chi connectivity index (χ3v) is 3.00. The number of halogens is 1. The second-order valence-electron chi connectivity index (χ2n) is 4.05. The second kappa shape index (κ2) is 4.78. The Hall–Kier alpha value is -2.26. The van der Waals surface area contributed by atoms with Crippen LogP contribution in [-0.4, -0.2) is 15.8 Å². The normalized spacial score (nSPS) is 10.6. The predicted octanol–water partition coefficient (Wildman–Crippen LogP) is 3.51. The molecule has 0 aliphatic carbocycles. The molecule has 3 aromatic rings. The van der Waals surface area contributed by atoms with Crippen molar-refractivity contribution in [2.75, 3.05) is 0 Å². The van der Waals surface area contributed by atoms with Crippen LogP contribution in [0.25, 0.3) is 10.9 Å². The average molecular weight is 269 g/mol. The van der Waals surface area contributed by atoms with Crippen molar-refractivity contribution in [3.05, 3.63) is 71.1 Å². The van der Waals surface area contributed by atoms with E-state index in [0.717, 1.165) is 0 Å². The maximum Gasteiger partial charge on any atom is 0.223 e. The first-order valence-electron chi connectivity index (χ1n) is 5.78. The number of carbonyl (C=O) groups excluding carboxylic acids is 1. The van der Waals surface area contributed by atoms with E-state index in [1.165, 1.54) is 0 Å². The number of nitrogens with zero attached hydrogens (tertiary/aromatic N) is 2. The molecule has 92 valence electrons. The van der Waals surface area contributed by atoms with E-state index in [9.17, 15) is 4.79 Å². The van der Waals surface area contributed by atoms with Crippen molar-refractivity contribution in [1.29, 1.82) is 0 Å². The fourth-order valence-electron chi connectivity index (χ4n) is 1.95. The summed E-state index contributed by atoms with van der Waals surface area (Å²) in [7, 11) is 0. The summed E-state index contributed by atoms with van der Waals surface area (Å²) in [5.74, 6) is -0.152. The highest BCUT2D eigenvalue weighted by molar-refractivity contribution is 6.29. The van der Waals surface area contributed by atoms with Crippen LogP contribution in [-0.2, 0) is 0 Å². The summed E-state index contributed by atoms with van der Waals surface area (Å²) in [5.41, 5.74) is 1.59. The molecular formula is C15H9ClN2O. The van der Waals surface area contributed by atoms with Gasteiger partial charge in [0.15, 0.2) is 0 Å². The van der Waals surface area contributed by atoms with Gasteiger partial charge >= 0.3 is 0 Å². The standard InChI is InChI=1S/C15H9ClN2O/c16-15-17-12-9-5-4-8-11(12)13(18-15)14(19)10-6-2-1-3-7-10/h1-9H. The van der Waals surface area contributed by atoms with E-state index < -0.39 is 0 Å². The Kier molecular flexibility index (Phi) is 2.97.